The molecule has 0 amide bonds. The highest BCUT2D eigenvalue weighted by molar-refractivity contribution is 6.30. The Hall–Kier alpha value is -0.700. The number of hydrogen-bond acceptors (Lipinski definition) is 2. The lowest BCUT2D eigenvalue weighted by Gasteiger charge is -2.14. The zero-order valence-corrected chi connectivity index (χ0v) is 10.2. The van der Waals surface area contributed by atoms with E-state index in [0.29, 0.717) is 10.7 Å². The molecule has 84 valence electrons. The molecule has 0 aromatic heterocycles. The van der Waals surface area contributed by atoms with Crippen molar-refractivity contribution in [3.8, 4) is 0 Å². The first kappa shape index (κ1) is 14.3. The minimum absolute atomic E-state index is 0. The van der Waals surface area contributed by atoms with Crippen LogP contribution in [0.4, 0.5) is 5.69 Å². The summed E-state index contributed by atoms with van der Waals surface area (Å²) in [7, 11) is 0. The number of halogens is 2. The molecule has 2 nitrogen and oxygen atoms in total. The smallest absolute Gasteiger partial charge is 0.0410 e. The summed E-state index contributed by atoms with van der Waals surface area (Å²) in [5.74, 6) is 0. The van der Waals surface area contributed by atoms with Crippen LogP contribution in [0.3, 0.4) is 0 Å². The van der Waals surface area contributed by atoms with Crippen LogP contribution in [-0.2, 0) is 0 Å². The molecule has 0 saturated heterocycles. The molecular weight excluding hydrogens is 231 g/mol. The zero-order valence-electron chi connectivity index (χ0n) is 8.66. The molecule has 1 aromatic carbocycles. The molecular formula is C11H16Cl2N2. The lowest BCUT2D eigenvalue weighted by atomic mass is 10.00. The third-order valence-electron chi connectivity index (χ3n) is 2.02. The fourth-order valence-corrected chi connectivity index (χ4v) is 1.53. The van der Waals surface area contributed by atoms with Gasteiger partial charge in [0, 0.05) is 16.8 Å². The van der Waals surface area contributed by atoms with Gasteiger partial charge in [-0.15, -0.1) is 19.0 Å². The second kappa shape index (κ2) is 6.01. The highest BCUT2D eigenvalue weighted by Crippen LogP contribution is 2.26. The fraction of sp³-hybridized carbons (Fsp3) is 0.273. The summed E-state index contributed by atoms with van der Waals surface area (Å²) in [5, 5.41) is 0.659. The van der Waals surface area contributed by atoms with Gasteiger partial charge in [0.2, 0.25) is 0 Å². The Morgan fingerprint density at radius 1 is 1.53 bits per heavy atom. The van der Waals surface area contributed by atoms with Gasteiger partial charge in [-0.2, -0.15) is 0 Å². The highest BCUT2D eigenvalue weighted by Gasteiger charge is 2.09. The summed E-state index contributed by atoms with van der Waals surface area (Å²) in [6.07, 6.45) is 0.727. The minimum Gasteiger partial charge on any atom is -0.398 e. The molecule has 0 spiro atoms. The third kappa shape index (κ3) is 4.12. The molecule has 0 unspecified atom stereocenters. The Morgan fingerprint density at radius 3 is 2.67 bits per heavy atom. The normalized spacial score (nSPS) is 11.7. The Labute approximate surface area is 102 Å². The van der Waals surface area contributed by atoms with Crippen molar-refractivity contribution < 1.29 is 0 Å². The standard InChI is InChI=1S/C11H15ClN2.ClH/c1-7(2)5-11(14)9-6-8(12)3-4-10(9)13;/h3-4,6,11H,1,5,13-14H2,2H3;1H/t11-;/m0./s1. The second-order valence-corrected chi connectivity index (χ2v) is 3.98. The van der Waals surface area contributed by atoms with E-state index in [1.54, 1.807) is 12.1 Å². The van der Waals surface area contributed by atoms with E-state index in [0.717, 1.165) is 17.6 Å². The number of benzene rings is 1. The Kier molecular flexibility index (Phi) is 5.73. The van der Waals surface area contributed by atoms with Crippen LogP contribution in [0, 0.1) is 0 Å². The third-order valence-corrected chi connectivity index (χ3v) is 2.25. The van der Waals surface area contributed by atoms with Crippen molar-refractivity contribution in [2.45, 2.75) is 19.4 Å². The van der Waals surface area contributed by atoms with E-state index >= 15 is 0 Å². The van der Waals surface area contributed by atoms with E-state index in [1.165, 1.54) is 0 Å². The number of rotatable bonds is 3. The topological polar surface area (TPSA) is 52.0 Å². The average Bonchev–Trinajstić information content (AvgIpc) is 2.08. The fourth-order valence-electron chi connectivity index (χ4n) is 1.35. The Bertz CT molecular complexity index is 350. The predicted octanol–water partition coefficient (Wildman–Crippen LogP) is 3.31. The Balaban J connectivity index is 0.00000196. The summed E-state index contributed by atoms with van der Waals surface area (Å²) in [4.78, 5) is 0. The summed E-state index contributed by atoms with van der Waals surface area (Å²) >= 11 is 5.86. The number of nitrogens with two attached hydrogens (primary N) is 2. The molecule has 0 aliphatic carbocycles. The summed E-state index contributed by atoms with van der Waals surface area (Å²) in [6, 6.07) is 5.22. The summed E-state index contributed by atoms with van der Waals surface area (Å²) in [6.45, 7) is 5.76. The van der Waals surface area contributed by atoms with Crippen LogP contribution < -0.4 is 11.5 Å². The maximum atomic E-state index is 5.97. The molecule has 0 radical (unpaired) electrons. The molecule has 15 heavy (non-hydrogen) atoms. The zero-order chi connectivity index (χ0) is 10.7. The number of nitrogen functional groups attached to an aromatic ring is 1. The minimum atomic E-state index is -0.119. The maximum absolute atomic E-state index is 5.97. The molecule has 0 aliphatic rings. The van der Waals surface area contributed by atoms with Crippen molar-refractivity contribution in [1.82, 2.24) is 0 Å². The van der Waals surface area contributed by atoms with E-state index in [-0.39, 0.29) is 18.4 Å². The first-order valence-electron chi connectivity index (χ1n) is 4.45. The van der Waals surface area contributed by atoms with Gasteiger partial charge in [-0.05, 0) is 37.1 Å². The van der Waals surface area contributed by atoms with Crippen molar-refractivity contribution in [2.24, 2.45) is 5.73 Å². The van der Waals surface area contributed by atoms with E-state index in [2.05, 4.69) is 6.58 Å². The lowest BCUT2D eigenvalue weighted by molar-refractivity contribution is 0.719. The number of hydrogen-bond donors (Lipinski definition) is 2. The van der Waals surface area contributed by atoms with Gasteiger partial charge in [0.15, 0.2) is 0 Å². The SMILES string of the molecule is C=C(C)C[C@H](N)c1cc(Cl)ccc1N.Cl. The molecule has 1 aromatic rings. The van der Waals surface area contributed by atoms with Gasteiger partial charge in [-0.1, -0.05) is 17.2 Å². The van der Waals surface area contributed by atoms with Gasteiger partial charge in [0.1, 0.15) is 0 Å². The summed E-state index contributed by atoms with van der Waals surface area (Å²) < 4.78 is 0. The van der Waals surface area contributed by atoms with Crippen molar-refractivity contribution in [3.05, 3.63) is 40.9 Å². The highest BCUT2D eigenvalue weighted by atomic mass is 35.5. The summed E-state index contributed by atoms with van der Waals surface area (Å²) in [5.41, 5.74) is 14.4. The van der Waals surface area contributed by atoms with Gasteiger partial charge in [-0.25, -0.2) is 0 Å². The molecule has 0 heterocycles. The van der Waals surface area contributed by atoms with Crippen molar-refractivity contribution in [2.75, 3.05) is 5.73 Å². The van der Waals surface area contributed by atoms with Crippen LogP contribution in [0.15, 0.2) is 30.4 Å². The van der Waals surface area contributed by atoms with Crippen molar-refractivity contribution in [1.29, 1.82) is 0 Å². The Morgan fingerprint density at radius 2 is 2.13 bits per heavy atom. The predicted molar refractivity (Wildman–Crippen MR) is 69.5 cm³/mol. The monoisotopic (exact) mass is 246 g/mol. The van der Waals surface area contributed by atoms with Crippen LogP contribution in [-0.4, -0.2) is 0 Å². The maximum Gasteiger partial charge on any atom is 0.0410 e. The molecule has 0 fully saturated rings. The van der Waals surface area contributed by atoms with Crippen molar-refractivity contribution in [3.63, 3.8) is 0 Å². The van der Waals surface area contributed by atoms with E-state index in [4.69, 9.17) is 23.1 Å². The largest absolute Gasteiger partial charge is 0.398 e. The van der Waals surface area contributed by atoms with Crippen LogP contribution in [0.5, 0.6) is 0 Å². The van der Waals surface area contributed by atoms with Crippen molar-refractivity contribution >= 4 is 29.7 Å². The molecule has 0 bridgehead atoms. The van der Waals surface area contributed by atoms with Crippen LogP contribution in [0.1, 0.15) is 24.9 Å². The second-order valence-electron chi connectivity index (χ2n) is 3.54. The molecule has 4 heteroatoms. The molecule has 1 atom stereocenters. The molecule has 0 aliphatic heterocycles. The van der Waals surface area contributed by atoms with E-state index in [9.17, 15) is 0 Å². The quantitative estimate of drug-likeness (QED) is 0.636. The van der Waals surface area contributed by atoms with Gasteiger partial charge < -0.3 is 11.5 Å². The van der Waals surface area contributed by atoms with Gasteiger partial charge in [-0.3, -0.25) is 0 Å². The van der Waals surface area contributed by atoms with Gasteiger partial charge in [0.05, 0.1) is 0 Å². The molecule has 4 N–H and O–H groups in total. The van der Waals surface area contributed by atoms with Crippen LogP contribution >= 0.6 is 24.0 Å². The van der Waals surface area contributed by atoms with E-state index < -0.39 is 0 Å². The van der Waals surface area contributed by atoms with Gasteiger partial charge >= 0.3 is 0 Å². The lowest BCUT2D eigenvalue weighted by Crippen LogP contribution is -2.12. The average molecular weight is 247 g/mol. The first-order valence-corrected chi connectivity index (χ1v) is 4.83. The molecule has 0 saturated carbocycles. The number of anilines is 1. The van der Waals surface area contributed by atoms with Gasteiger partial charge in [0.25, 0.3) is 0 Å². The van der Waals surface area contributed by atoms with Crippen LogP contribution in [0.2, 0.25) is 5.02 Å². The van der Waals surface area contributed by atoms with E-state index in [1.807, 2.05) is 13.0 Å². The molecule has 1 rings (SSSR count). The van der Waals surface area contributed by atoms with Crippen LogP contribution in [0.25, 0.3) is 0 Å². The first-order chi connectivity index (χ1) is 6.50.